The zero-order valence-corrected chi connectivity index (χ0v) is 14.5. The van der Waals surface area contributed by atoms with Gasteiger partial charge in [-0.1, -0.05) is 0 Å². The Labute approximate surface area is 145 Å². The molecule has 1 saturated heterocycles. The van der Waals surface area contributed by atoms with Crippen LogP contribution in [0.25, 0.3) is 0 Å². The molecule has 10 heteroatoms. The third kappa shape index (κ3) is 3.20. The highest BCUT2D eigenvalue weighted by atomic mass is 32.2. The number of aryl methyl sites for hydroxylation is 1. The molecule has 3 heterocycles. The molecule has 4 rings (SSSR count). The van der Waals surface area contributed by atoms with Crippen molar-refractivity contribution < 1.29 is 22.3 Å². The molecule has 2 aromatic rings. The van der Waals surface area contributed by atoms with Gasteiger partial charge in [-0.15, -0.1) is 10.2 Å². The molecule has 1 fully saturated rings. The SMILES string of the molecule is Cc1nnc(CN2CCN(S(=O)(=O)c3ccc4c(c3)OCO4)CC2)o1. The van der Waals surface area contributed by atoms with Gasteiger partial charge in [-0.2, -0.15) is 4.31 Å². The first-order chi connectivity index (χ1) is 12.0. The smallest absolute Gasteiger partial charge is 0.243 e. The molecule has 2 aliphatic rings. The minimum atomic E-state index is -3.56. The fraction of sp³-hybridized carbons (Fsp3) is 0.467. The van der Waals surface area contributed by atoms with Crippen molar-refractivity contribution in [3.8, 4) is 11.5 Å². The van der Waals surface area contributed by atoms with E-state index in [9.17, 15) is 8.42 Å². The number of fused-ring (bicyclic) bond motifs is 1. The highest BCUT2D eigenvalue weighted by Gasteiger charge is 2.30. The Morgan fingerprint density at radius 1 is 1.08 bits per heavy atom. The van der Waals surface area contributed by atoms with Crippen LogP contribution in [0.1, 0.15) is 11.8 Å². The van der Waals surface area contributed by atoms with E-state index in [0.29, 0.717) is 56.0 Å². The van der Waals surface area contributed by atoms with Gasteiger partial charge in [-0.05, 0) is 12.1 Å². The van der Waals surface area contributed by atoms with Crippen LogP contribution in [0.15, 0.2) is 27.5 Å². The molecule has 0 saturated carbocycles. The number of piperazine rings is 1. The van der Waals surface area contributed by atoms with Crippen molar-refractivity contribution >= 4 is 10.0 Å². The summed E-state index contributed by atoms with van der Waals surface area (Å²) in [5.41, 5.74) is 0. The Kier molecular flexibility index (Phi) is 4.10. The Morgan fingerprint density at radius 3 is 2.56 bits per heavy atom. The zero-order chi connectivity index (χ0) is 17.4. The number of aromatic nitrogens is 2. The van der Waals surface area contributed by atoms with E-state index >= 15 is 0 Å². The number of ether oxygens (including phenoxy) is 2. The molecule has 2 aliphatic heterocycles. The van der Waals surface area contributed by atoms with E-state index in [2.05, 4.69) is 15.1 Å². The van der Waals surface area contributed by atoms with E-state index < -0.39 is 10.0 Å². The number of sulfonamides is 1. The van der Waals surface area contributed by atoms with Crippen molar-refractivity contribution in [2.75, 3.05) is 33.0 Å². The van der Waals surface area contributed by atoms with Crippen molar-refractivity contribution in [2.24, 2.45) is 0 Å². The normalized spacial score (nSPS) is 18.6. The number of nitrogens with zero attached hydrogens (tertiary/aromatic N) is 4. The summed E-state index contributed by atoms with van der Waals surface area (Å²) in [7, 11) is -3.56. The van der Waals surface area contributed by atoms with Crippen LogP contribution in [-0.4, -0.2) is 60.8 Å². The number of hydrogen-bond acceptors (Lipinski definition) is 8. The average molecular weight is 366 g/mol. The lowest BCUT2D eigenvalue weighted by molar-refractivity contribution is 0.167. The maximum atomic E-state index is 12.8. The van der Waals surface area contributed by atoms with E-state index in [0.717, 1.165) is 0 Å². The molecule has 0 spiro atoms. The fourth-order valence-corrected chi connectivity index (χ4v) is 4.35. The van der Waals surface area contributed by atoms with Gasteiger partial charge >= 0.3 is 0 Å². The first-order valence-electron chi connectivity index (χ1n) is 7.93. The quantitative estimate of drug-likeness (QED) is 0.776. The Morgan fingerprint density at radius 2 is 1.84 bits per heavy atom. The van der Waals surface area contributed by atoms with Crippen molar-refractivity contribution in [1.82, 2.24) is 19.4 Å². The van der Waals surface area contributed by atoms with Gasteiger partial charge in [0.25, 0.3) is 0 Å². The minimum absolute atomic E-state index is 0.118. The summed E-state index contributed by atoms with van der Waals surface area (Å²) in [5.74, 6) is 2.11. The molecule has 0 atom stereocenters. The van der Waals surface area contributed by atoms with Gasteiger partial charge in [0, 0.05) is 39.2 Å². The van der Waals surface area contributed by atoms with Crippen LogP contribution in [0.4, 0.5) is 0 Å². The molecule has 1 aromatic carbocycles. The van der Waals surface area contributed by atoms with Gasteiger partial charge in [-0.3, -0.25) is 4.90 Å². The summed E-state index contributed by atoms with van der Waals surface area (Å²) >= 11 is 0. The summed E-state index contributed by atoms with van der Waals surface area (Å²) in [5, 5.41) is 7.78. The second kappa shape index (κ2) is 6.28. The monoisotopic (exact) mass is 366 g/mol. The van der Waals surface area contributed by atoms with Crippen LogP contribution in [-0.2, 0) is 16.6 Å². The molecule has 0 aliphatic carbocycles. The van der Waals surface area contributed by atoms with E-state index in [4.69, 9.17) is 13.9 Å². The van der Waals surface area contributed by atoms with Crippen molar-refractivity contribution in [1.29, 1.82) is 0 Å². The molecule has 1 aromatic heterocycles. The lowest BCUT2D eigenvalue weighted by atomic mass is 10.3. The van der Waals surface area contributed by atoms with Gasteiger partial charge in [0.1, 0.15) is 0 Å². The number of hydrogen-bond donors (Lipinski definition) is 0. The fourth-order valence-electron chi connectivity index (χ4n) is 2.91. The zero-order valence-electron chi connectivity index (χ0n) is 13.7. The molecule has 9 nitrogen and oxygen atoms in total. The van der Waals surface area contributed by atoms with Gasteiger partial charge in [0.15, 0.2) is 11.5 Å². The topological polar surface area (TPSA) is 98.0 Å². The molecule has 0 unspecified atom stereocenters. The highest BCUT2D eigenvalue weighted by Crippen LogP contribution is 2.34. The van der Waals surface area contributed by atoms with E-state index in [1.54, 1.807) is 19.1 Å². The Balaban J connectivity index is 1.42. The maximum absolute atomic E-state index is 12.8. The molecule has 0 amide bonds. The molecule has 0 bridgehead atoms. The second-order valence-corrected chi connectivity index (χ2v) is 7.85. The lowest BCUT2D eigenvalue weighted by Crippen LogP contribution is -2.48. The molecule has 25 heavy (non-hydrogen) atoms. The van der Waals surface area contributed by atoms with Crippen LogP contribution in [0.5, 0.6) is 11.5 Å². The Hall–Kier alpha value is -2.17. The van der Waals surface area contributed by atoms with E-state index in [1.807, 2.05) is 0 Å². The minimum Gasteiger partial charge on any atom is -0.454 e. The van der Waals surface area contributed by atoms with Crippen LogP contribution in [0.2, 0.25) is 0 Å². The second-order valence-electron chi connectivity index (χ2n) is 5.91. The predicted molar refractivity (Wildman–Crippen MR) is 85.6 cm³/mol. The standard InChI is InChI=1S/C15H18N4O5S/c1-11-16-17-15(24-11)9-18-4-6-19(7-5-18)25(20,21)12-2-3-13-14(8-12)23-10-22-13/h2-3,8H,4-7,9-10H2,1H3. The summed E-state index contributed by atoms with van der Waals surface area (Å²) in [6, 6.07) is 4.70. The summed E-state index contributed by atoms with van der Waals surface area (Å²) in [6.07, 6.45) is 0. The summed E-state index contributed by atoms with van der Waals surface area (Å²) in [4.78, 5) is 2.32. The van der Waals surface area contributed by atoms with E-state index in [1.165, 1.54) is 10.4 Å². The lowest BCUT2D eigenvalue weighted by Gasteiger charge is -2.33. The van der Waals surface area contributed by atoms with Crippen LogP contribution in [0.3, 0.4) is 0 Å². The first-order valence-corrected chi connectivity index (χ1v) is 9.37. The van der Waals surface area contributed by atoms with Crippen molar-refractivity contribution in [3.05, 3.63) is 30.0 Å². The van der Waals surface area contributed by atoms with Crippen LogP contribution < -0.4 is 9.47 Å². The van der Waals surface area contributed by atoms with Crippen LogP contribution in [0, 0.1) is 6.92 Å². The molecule has 0 radical (unpaired) electrons. The third-order valence-electron chi connectivity index (χ3n) is 4.24. The molecular weight excluding hydrogens is 348 g/mol. The highest BCUT2D eigenvalue weighted by molar-refractivity contribution is 7.89. The predicted octanol–water partition coefficient (Wildman–Crippen LogP) is 0.613. The van der Waals surface area contributed by atoms with E-state index in [-0.39, 0.29) is 11.7 Å². The van der Waals surface area contributed by atoms with Gasteiger partial charge in [0.05, 0.1) is 11.4 Å². The summed E-state index contributed by atoms with van der Waals surface area (Å²) in [6.45, 7) is 4.40. The maximum Gasteiger partial charge on any atom is 0.243 e. The molecule has 134 valence electrons. The Bertz CT molecular complexity index is 874. The van der Waals surface area contributed by atoms with Gasteiger partial charge < -0.3 is 13.9 Å². The molecular formula is C15H18N4O5S. The van der Waals surface area contributed by atoms with Gasteiger partial charge in [0.2, 0.25) is 28.6 Å². The first kappa shape index (κ1) is 16.3. The van der Waals surface area contributed by atoms with Crippen molar-refractivity contribution in [2.45, 2.75) is 18.4 Å². The number of benzene rings is 1. The molecule has 0 N–H and O–H groups in total. The largest absolute Gasteiger partial charge is 0.454 e. The van der Waals surface area contributed by atoms with Gasteiger partial charge in [-0.25, -0.2) is 8.42 Å². The number of rotatable bonds is 4. The average Bonchev–Trinajstić information content (AvgIpc) is 3.23. The third-order valence-corrected chi connectivity index (χ3v) is 6.13. The van der Waals surface area contributed by atoms with Crippen molar-refractivity contribution in [3.63, 3.8) is 0 Å². The summed E-state index contributed by atoms with van der Waals surface area (Å²) < 4.78 is 43.0. The van der Waals surface area contributed by atoms with Crippen LogP contribution >= 0.6 is 0 Å².